The fourth-order valence-electron chi connectivity index (χ4n) is 2.61. The number of benzene rings is 3. The minimum Gasteiger partial charge on any atom is -0.494 e. The highest BCUT2D eigenvalue weighted by molar-refractivity contribution is 5.93. The lowest BCUT2D eigenvalue weighted by Gasteiger charge is -2.11. The van der Waals surface area contributed by atoms with Crippen LogP contribution in [0.15, 0.2) is 66.7 Å². The van der Waals surface area contributed by atoms with E-state index in [9.17, 15) is 0 Å². The van der Waals surface area contributed by atoms with Gasteiger partial charge in [0.05, 0.1) is 6.61 Å². The molecule has 2 heteroatoms. The van der Waals surface area contributed by atoms with Gasteiger partial charge in [-0.2, -0.15) is 0 Å². The van der Waals surface area contributed by atoms with Crippen molar-refractivity contribution in [3.63, 3.8) is 0 Å². The Bertz CT molecular complexity index is 744. The van der Waals surface area contributed by atoms with Gasteiger partial charge in [0.15, 0.2) is 0 Å². The molecule has 0 bridgehead atoms. The minimum absolute atomic E-state index is 0.796. The van der Waals surface area contributed by atoms with E-state index in [-0.39, 0.29) is 0 Å². The quantitative estimate of drug-likeness (QED) is 0.571. The van der Waals surface area contributed by atoms with E-state index in [0.717, 1.165) is 31.7 Å². The van der Waals surface area contributed by atoms with Crippen molar-refractivity contribution in [1.82, 2.24) is 0 Å². The third-order valence-corrected chi connectivity index (χ3v) is 3.96. The lowest BCUT2D eigenvalue weighted by atomic mass is 10.1. The van der Waals surface area contributed by atoms with Crippen LogP contribution in [0.2, 0.25) is 0 Å². The smallest absolute Gasteiger partial charge is 0.119 e. The average molecular weight is 305 g/mol. The van der Waals surface area contributed by atoms with E-state index < -0.39 is 0 Å². The Labute approximate surface area is 138 Å². The number of hydrogen-bond acceptors (Lipinski definition) is 2. The Balaban J connectivity index is 1.63. The summed E-state index contributed by atoms with van der Waals surface area (Å²) < 4.78 is 5.70. The number of ether oxygens (including phenoxy) is 1. The lowest BCUT2D eigenvalue weighted by molar-refractivity contribution is 0.309. The molecular weight excluding hydrogens is 282 g/mol. The van der Waals surface area contributed by atoms with Crippen molar-refractivity contribution in [3.05, 3.63) is 72.3 Å². The largest absolute Gasteiger partial charge is 0.494 e. The second kappa shape index (κ2) is 7.68. The second-order valence-corrected chi connectivity index (χ2v) is 5.73. The molecule has 3 aromatic carbocycles. The molecule has 0 aliphatic carbocycles. The molecule has 0 fully saturated rings. The van der Waals surface area contributed by atoms with Gasteiger partial charge in [-0.15, -0.1) is 0 Å². The van der Waals surface area contributed by atoms with E-state index in [1.54, 1.807) is 0 Å². The molecule has 1 N–H and O–H groups in total. The van der Waals surface area contributed by atoms with Gasteiger partial charge in [-0.3, -0.25) is 0 Å². The number of unbranched alkanes of at least 4 members (excludes halogenated alkanes) is 1. The normalized spacial score (nSPS) is 10.7. The van der Waals surface area contributed by atoms with Crippen molar-refractivity contribution in [1.29, 1.82) is 0 Å². The molecule has 3 rings (SSSR count). The topological polar surface area (TPSA) is 21.3 Å². The zero-order valence-electron chi connectivity index (χ0n) is 13.6. The predicted octanol–water partition coefficient (Wildman–Crippen LogP) is 5.63. The molecule has 0 saturated carbocycles. The van der Waals surface area contributed by atoms with Gasteiger partial charge in [-0.25, -0.2) is 0 Å². The van der Waals surface area contributed by atoms with E-state index in [2.05, 4.69) is 79.0 Å². The molecule has 0 unspecified atom stereocenters. The number of nitrogens with one attached hydrogen (secondary N) is 1. The third-order valence-electron chi connectivity index (χ3n) is 3.96. The molecule has 3 aromatic rings. The summed E-state index contributed by atoms with van der Waals surface area (Å²) >= 11 is 0. The Morgan fingerprint density at radius 3 is 2.48 bits per heavy atom. The van der Waals surface area contributed by atoms with Gasteiger partial charge >= 0.3 is 0 Å². The summed E-state index contributed by atoms with van der Waals surface area (Å²) in [6, 6.07) is 23.2. The highest BCUT2D eigenvalue weighted by Gasteiger charge is 2.00. The first-order valence-electron chi connectivity index (χ1n) is 8.30. The molecule has 0 amide bonds. The molecular formula is C21H23NO. The molecule has 0 heterocycles. The summed E-state index contributed by atoms with van der Waals surface area (Å²) in [6.07, 6.45) is 2.26. The van der Waals surface area contributed by atoms with Gasteiger partial charge in [-0.1, -0.05) is 61.9 Å². The van der Waals surface area contributed by atoms with Crippen molar-refractivity contribution in [2.45, 2.75) is 26.3 Å². The van der Waals surface area contributed by atoms with E-state index in [1.165, 1.54) is 22.0 Å². The van der Waals surface area contributed by atoms with Crippen LogP contribution in [0.25, 0.3) is 10.8 Å². The maximum Gasteiger partial charge on any atom is 0.119 e. The fourth-order valence-corrected chi connectivity index (χ4v) is 2.61. The van der Waals surface area contributed by atoms with Crippen LogP contribution in [-0.4, -0.2) is 6.61 Å². The number of rotatable bonds is 7. The van der Waals surface area contributed by atoms with Crippen LogP contribution in [0.4, 0.5) is 5.69 Å². The zero-order valence-corrected chi connectivity index (χ0v) is 13.6. The third kappa shape index (κ3) is 4.04. The predicted molar refractivity (Wildman–Crippen MR) is 98.1 cm³/mol. The highest BCUT2D eigenvalue weighted by atomic mass is 16.5. The van der Waals surface area contributed by atoms with Gasteiger partial charge < -0.3 is 10.1 Å². The standard InChI is InChI=1S/C21H23NO/c1-2-3-15-23-19-13-11-17(12-14-19)16-22-21-10-6-8-18-7-4-5-9-20(18)21/h4-14,22H,2-3,15-16H2,1H3. The summed E-state index contributed by atoms with van der Waals surface area (Å²) in [7, 11) is 0. The highest BCUT2D eigenvalue weighted by Crippen LogP contribution is 2.23. The lowest BCUT2D eigenvalue weighted by Crippen LogP contribution is -2.00. The second-order valence-electron chi connectivity index (χ2n) is 5.73. The molecule has 0 saturated heterocycles. The summed E-state index contributed by atoms with van der Waals surface area (Å²) in [5, 5.41) is 6.05. The van der Waals surface area contributed by atoms with Gasteiger partial charge in [0.25, 0.3) is 0 Å². The maximum absolute atomic E-state index is 5.70. The van der Waals surface area contributed by atoms with Crippen LogP contribution in [0.5, 0.6) is 5.75 Å². The van der Waals surface area contributed by atoms with Gasteiger partial charge in [-0.05, 0) is 35.6 Å². The zero-order chi connectivity index (χ0) is 15.9. The first kappa shape index (κ1) is 15.4. The Morgan fingerprint density at radius 2 is 1.65 bits per heavy atom. The van der Waals surface area contributed by atoms with Gasteiger partial charge in [0, 0.05) is 17.6 Å². The molecule has 2 nitrogen and oxygen atoms in total. The number of fused-ring (bicyclic) bond motifs is 1. The Morgan fingerprint density at radius 1 is 0.870 bits per heavy atom. The summed E-state index contributed by atoms with van der Waals surface area (Å²) in [6.45, 7) is 3.78. The van der Waals surface area contributed by atoms with Crippen molar-refractivity contribution in [2.24, 2.45) is 0 Å². The fraction of sp³-hybridized carbons (Fsp3) is 0.238. The molecule has 0 atom stereocenters. The molecule has 0 spiro atoms. The molecule has 0 aliphatic heterocycles. The summed E-state index contributed by atoms with van der Waals surface area (Å²) in [5.74, 6) is 0.951. The van der Waals surface area contributed by atoms with Crippen LogP contribution in [0.1, 0.15) is 25.3 Å². The minimum atomic E-state index is 0.796. The number of anilines is 1. The first-order valence-corrected chi connectivity index (χ1v) is 8.30. The number of hydrogen-bond donors (Lipinski definition) is 1. The molecule has 0 aliphatic rings. The Hall–Kier alpha value is -2.48. The van der Waals surface area contributed by atoms with Crippen LogP contribution >= 0.6 is 0 Å². The van der Waals surface area contributed by atoms with Crippen LogP contribution in [0.3, 0.4) is 0 Å². The first-order chi connectivity index (χ1) is 11.4. The summed E-state index contributed by atoms with van der Waals surface area (Å²) in [4.78, 5) is 0. The van der Waals surface area contributed by atoms with Crippen molar-refractivity contribution in [3.8, 4) is 5.75 Å². The monoisotopic (exact) mass is 305 g/mol. The van der Waals surface area contributed by atoms with Crippen molar-refractivity contribution in [2.75, 3.05) is 11.9 Å². The SMILES string of the molecule is CCCCOc1ccc(CNc2cccc3ccccc23)cc1. The van der Waals surface area contributed by atoms with E-state index >= 15 is 0 Å². The van der Waals surface area contributed by atoms with E-state index in [0.29, 0.717) is 0 Å². The Kier molecular flexibility index (Phi) is 5.15. The van der Waals surface area contributed by atoms with Gasteiger partial charge in [0.2, 0.25) is 0 Å². The van der Waals surface area contributed by atoms with Crippen LogP contribution in [-0.2, 0) is 6.54 Å². The van der Waals surface area contributed by atoms with Crippen molar-refractivity contribution >= 4 is 16.5 Å². The van der Waals surface area contributed by atoms with Crippen LogP contribution in [0, 0.1) is 0 Å². The molecule has 118 valence electrons. The van der Waals surface area contributed by atoms with Crippen molar-refractivity contribution < 1.29 is 4.74 Å². The van der Waals surface area contributed by atoms with Crippen LogP contribution < -0.4 is 10.1 Å². The maximum atomic E-state index is 5.70. The summed E-state index contributed by atoms with van der Waals surface area (Å²) in [5.41, 5.74) is 2.42. The van der Waals surface area contributed by atoms with E-state index in [4.69, 9.17) is 4.74 Å². The van der Waals surface area contributed by atoms with E-state index in [1.807, 2.05) is 0 Å². The average Bonchev–Trinajstić information content (AvgIpc) is 2.61. The molecule has 0 radical (unpaired) electrons. The van der Waals surface area contributed by atoms with Gasteiger partial charge in [0.1, 0.15) is 5.75 Å². The molecule has 0 aromatic heterocycles. The molecule has 23 heavy (non-hydrogen) atoms.